The standard InChI is InChI=1S/C18H26N2O2/c1-4-5-10-20-12-15(11-17(20)21)18(22)19-16-8-6-14(7-9-16)13(2)3/h6-9,13,15H,4-5,10-12H2,1-3H3,(H,19,22)/t15-/m0/s1. The van der Waals surface area contributed by atoms with Crippen molar-refractivity contribution in [2.24, 2.45) is 5.92 Å². The first kappa shape index (κ1) is 16.5. The minimum atomic E-state index is -0.228. The number of carbonyl (C=O) groups excluding carboxylic acids is 2. The topological polar surface area (TPSA) is 49.4 Å². The van der Waals surface area contributed by atoms with Gasteiger partial charge in [0.15, 0.2) is 0 Å². The molecule has 4 nitrogen and oxygen atoms in total. The Bertz CT molecular complexity index is 522. The van der Waals surface area contributed by atoms with E-state index in [1.807, 2.05) is 29.2 Å². The van der Waals surface area contributed by atoms with Crippen LogP contribution in [0.3, 0.4) is 0 Å². The van der Waals surface area contributed by atoms with Crippen LogP contribution in [0.2, 0.25) is 0 Å². The van der Waals surface area contributed by atoms with Gasteiger partial charge in [-0.25, -0.2) is 0 Å². The second-order valence-electron chi connectivity index (χ2n) is 6.36. The van der Waals surface area contributed by atoms with Crippen LogP contribution in [0.5, 0.6) is 0 Å². The maximum atomic E-state index is 12.3. The third kappa shape index (κ3) is 4.09. The number of nitrogens with zero attached hydrogens (tertiary/aromatic N) is 1. The van der Waals surface area contributed by atoms with Crippen molar-refractivity contribution in [1.29, 1.82) is 0 Å². The number of benzene rings is 1. The molecule has 1 aromatic rings. The summed E-state index contributed by atoms with van der Waals surface area (Å²) in [6, 6.07) is 7.93. The molecule has 4 heteroatoms. The van der Waals surface area contributed by atoms with Crippen molar-refractivity contribution >= 4 is 17.5 Å². The summed E-state index contributed by atoms with van der Waals surface area (Å²) in [5.41, 5.74) is 2.05. The average molecular weight is 302 g/mol. The molecule has 0 bridgehead atoms. The number of carbonyl (C=O) groups is 2. The Morgan fingerprint density at radius 2 is 2.00 bits per heavy atom. The lowest BCUT2D eigenvalue weighted by molar-refractivity contribution is -0.128. The average Bonchev–Trinajstić information content (AvgIpc) is 2.87. The lowest BCUT2D eigenvalue weighted by atomic mass is 10.0. The van der Waals surface area contributed by atoms with E-state index in [0.29, 0.717) is 18.9 Å². The van der Waals surface area contributed by atoms with Crippen LogP contribution >= 0.6 is 0 Å². The van der Waals surface area contributed by atoms with Crippen LogP contribution in [0.15, 0.2) is 24.3 Å². The van der Waals surface area contributed by atoms with Gasteiger partial charge in [-0.2, -0.15) is 0 Å². The minimum absolute atomic E-state index is 0.0513. The van der Waals surface area contributed by atoms with Gasteiger partial charge in [-0.15, -0.1) is 0 Å². The third-order valence-electron chi connectivity index (χ3n) is 4.21. The molecule has 1 aromatic carbocycles. The van der Waals surface area contributed by atoms with E-state index in [0.717, 1.165) is 25.1 Å². The molecule has 22 heavy (non-hydrogen) atoms. The molecule has 1 fully saturated rings. The fourth-order valence-electron chi connectivity index (χ4n) is 2.71. The number of likely N-dealkylation sites (tertiary alicyclic amines) is 1. The van der Waals surface area contributed by atoms with Gasteiger partial charge in [-0.1, -0.05) is 39.3 Å². The van der Waals surface area contributed by atoms with E-state index in [1.54, 1.807) is 0 Å². The van der Waals surface area contributed by atoms with Gasteiger partial charge in [-0.05, 0) is 30.0 Å². The maximum absolute atomic E-state index is 12.3. The zero-order valence-electron chi connectivity index (χ0n) is 13.8. The number of hydrogen-bond acceptors (Lipinski definition) is 2. The first-order valence-corrected chi connectivity index (χ1v) is 8.19. The van der Waals surface area contributed by atoms with Gasteiger partial charge < -0.3 is 10.2 Å². The Labute approximate surface area is 132 Å². The number of unbranched alkanes of at least 4 members (excludes halogenated alkanes) is 1. The van der Waals surface area contributed by atoms with Crippen molar-refractivity contribution < 1.29 is 9.59 Å². The maximum Gasteiger partial charge on any atom is 0.229 e. The number of anilines is 1. The summed E-state index contributed by atoms with van der Waals surface area (Å²) in [4.78, 5) is 26.0. The molecule has 1 atom stereocenters. The highest BCUT2D eigenvalue weighted by molar-refractivity contribution is 5.97. The summed E-state index contributed by atoms with van der Waals surface area (Å²) in [5, 5.41) is 2.93. The summed E-state index contributed by atoms with van der Waals surface area (Å²) in [5.74, 6) is 0.298. The van der Waals surface area contributed by atoms with Crippen LogP contribution in [0.4, 0.5) is 5.69 Å². The van der Waals surface area contributed by atoms with Gasteiger partial charge in [0.1, 0.15) is 0 Å². The van der Waals surface area contributed by atoms with Crippen LogP contribution in [0.1, 0.15) is 51.5 Å². The molecular weight excluding hydrogens is 276 g/mol. The first-order chi connectivity index (χ1) is 10.5. The molecular formula is C18H26N2O2. The van der Waals surface area contributed by atoms with Gasteiger partial charge in [0.2, 0.25) is 11.8 Å². The highest BCUT2D eigenvalue weighted by atomic mass is 16.2. The largest absolute Gasteiger partial charge is 0.342 e. The number of amides is 2. The molecule has 1 N–H and O–H groups in total. The molecule has 0 unspecified atom stereocenters. The van der Waals surface area contributed by atoms with Crippen molar-refractivity contribution in [2.75, 3.05) is 18.4 Å². The molecule has 120 valence electrons. The Morgan fingerprint density at radius 3 is 2.59 bits per heavy atom. The molecule has 1 heterocycles. The molecule has 2 amide bonds. The Hall–Kier alpha value is -1.84. The SMILES string of the molecule is CCCCN1C[C@@H](C(=O)Nc2ccc(C(C)C)cc2)CC1=O. The Morgan fingerprint density at radius 1 is 1.32 bits per heavy atom. The predicted octanol–water partition coefficient (Wildman–Crippen LogP) is 3.40. The number of nitrogens with one attached hydrogen (secondary N) is 1. The van der Waals surface area contributed by atoms with E-state index in [-0.39, 0.29) is 17.7 Å². The fraction of sp³-hybridized carbons (Fsp3) is 0.556. The molecule has 0 saturated carbocycles. The van der Waals surface area contributed by atoms with Gasteiger partial charge >= 0.3 is 0 Å². The predicted molar refractivity (Wildman–Crippen MR) is 88.8 cm³/mol. The summed E-state index contributed by atoms with van der Waals surface area (Å²) >= 11 is 0. The van der Waals surface area contributed by atoms with Crippen molar-refractivity contribution in [3.8, 4) is 0 Å². The summed E-state index contributed by atoms with van der Waals surface area (Å²) in [7, 11) is 0. The van der Waals surface area contributed by atoms with Crippen LogP contribution in [-0.2, 0) is 9.59 Å². The van der Waals surface area contributed by atoms with Crippen molar-refractivity contribution in [3.05, 3.63) is 29.8 Å². The number of rotatable bonds is 6. The zero-order chi connectivity index (χ0) is 16.1. The molecule has 0 aliphatic carbocycles. The van der Waals surface area contributed by atoms with Crippen molar-refractivity contribution in [2.45, 2.75) is 46.0 Å². The normalized spacial score (nSPS) is 18.1. The van der Waals surface area contributed by atoms with E-state index in [1.165, 1.54) is 5.56 Å². The molecule has 1 aliphatic rings. The van der Waals surface area contributed by atoms with Gasteiger partial charge in [0.25, 0.3) is 0 Å². The van der Waals surface area contributed by atoms with Crippen molar-refractivity contribution in [3.63, 3.8) is 0 Å². The molecule has 0 spiro atoms. The second kappa shape index (κ2) is 7.43. The van der Waals surface area contributed by atoms with Gasteiger partial charge in [0.05, 0.1) is 5.92 Å². The minimum Gasteiger partial charge on any atom is -0.342 e. The first-order valence-electron chi connectivity index (χ1n) is 8.19. The Balaban J connectivity index is 1.91. The van der Waals surface area contributed by atoms with E-state index in [2.05, 4.69) is 26.1 Å². The molecule has 1 saturated heterocycles. The number of hydrogen-bond donors (Lipinski definition) is 1. The molecule has 2 rings (SSSR count). The van der Waals surface area contributed by atoms with Gasteiger partial charge in [-0.3, -0.25) is 9.59 Å². The van der Waals surface area contributed by atoms with Crippen LogP contribution < -0.4 is 5.32 Å². The lowest BCUT2D eigenvalue weighted by Gasteiger charge is -2.16. The fourth-order valence-corrected chi connectivity index (χ4v) is 2.71. The van der Waals surface area contributed by atoms with E-state index >= 15 is 0 Å². The highest BCUT2D eigenvalue weighted by Gasteiger charge is 2.33. The smallest absolute Gasteiger partial charge is 0.229 e. The molecule has 1 aliphatic heterocycles. The summed E-state index contributed by atoms with van der Waals surface area (Å²) < 4.78 is 0. The quantitative estimate of drug-likeness (QED) is 0.875. The zero-order valence-corrected chi connectivity index (χ0v) is 13.8. The van der Waals surface area contributed by atoms with Crippen LogP contribution in [0, 0.1) is 5.92 Å². The van der Waals surface area contributed by atoms with Crippen LogP contribution in [-0.4, -0.2) is 29.8 Å². The summed E-state index contributed by atoms with van der Waals surface area (Å²) in [6.45, 7) is 7.70. The van der Waals surface area contributed by atoms with E-state index < -0.39 is 0 Å². The lowest BCUT2D eigenvalue weighted by Crippen LogP contribution is -2.29. The van der Waals surface area contributed by atoms with E-state index in [4.69, 9.17) is 0 Å². The third-order valence-corrected chi connectivity index (χ3v) is 4.21. The summed E-state index contributed by atoms with van der Waals surface area (Å²) in [6.07, 6.45) is 2.39. The molecule has 0 radical (unpaired) electrons. The van der Waals surface area contributed by atoms with Crippen molar-refractivity contribution in [1.82, 2.24) is 4.90 Å². The molecule has 0 aromatic heterocycles. The van der Waals surface area contributed by atoms with Gasteiger partial charge in [0, 0.05) is 25.2 Å². The second-order valence-corrected chi connectivity index (χ2v) is 6.36. The monoisotopic (exact) mass is 302 g/mol. The highest BCUT2D eigenvalue weighted by Crippen LogP contribution is 2.21. The van der Waals surface area contributed by atoms with E-state index in [9.17, 15) is 9.59 Å². The Kier molecular flexibility index (Phi) is 5.58. The van der Waals surface area contributed by atoms with Crippen LogP contribution in [0.25, 0.3) is 0 Å².